The number of benzene rings is 1. The second kappa shape index (κ2) is 7.65. The van der Waals surface area contributed by atoms with Gasteiger partial charge >= 0.3 is 0 Å². The Morgan fingerprint density at radius 1 is 1.20 bits per heavy atom. The first-order valence-electron chi connectivity index (χ1n) is 9.39. The summed E-state index contributed by atoms with van der Waals surface area (Å²) in [6.07, 6.45) is 2.96. The maximum Gasteiger partial charge on any atom is 0.223 e. The topological polar surface area (TPSA) is 42.0 Å². The molecule has 0 saturated carbocycles. The van der Waals surface area contributed by atoms with Crippen LogP contribution in [-0.2, 0) is 11.3 Å². The lowest BCUT2D eigenvalue weighted by molar-refractivity contribution is -0.131. The van der Waals surface area contributed by atoms with Gasteiger partial charge in [0, 0.05) is 38.0 Å². The van der Waals surface area contributed by atoms with Crippen molar-refractivity contribution in [1.29, 1.82) is 0 Å². The minimum atomic E-state index is 0.235. The average molecular weight is 346 g/mol. The predicted octanol–water partition coefficient (Wildman–Crippen LogP) is 3.02. The van der Waals surface area contributed by atoms with Gasteiger partial charge in [-0.2, -0.15) is 0 Å². The van der Waals surface area contributed by atoms with Crippen molar-refractivity contribution in [2.75, 3.05) is 33.9 Å². The largest absolute Gasteiger partial charge is 0.493 e. The van der Waals surface area contributed by atoms with Gasteiger partial charge < -0.3 is 14.4 Å². The van der Waals surface area contributed by atoms with Crippen LogP contribution in [0.3, 0.4) is 0 Å². The van der Waals surface area contributed by atoms with E-state index in [2.05, 4.69) is 17.0 Å². The lowest BCUT2D eigenvalue weighted by atomic mass is 9.80. The Hall–Kier alpha value is -1.75. The van der Waals surface area contributed by atoms with Crippen molar-refractivity contribution in [3.63, 3.8) is 0 Å². The summed E-state index contributed by atoms with van der Waals surface area (Å²) in [5.41, 5.74) is 2.54. The number of ether oxygens (including phenoxy) is 2. The molecule has 0 aromatic heterocycles. The summed E-state index contributed by atoms with van der Waals surface area (Å²) in [6, 6.07) is 4.66. The number of fused-ring (bicyclic) bond motifs is 2. The van der Waals surface area contributed by atoms with Crippen molar-refractivity contribution in [3.8, 4) is 11.5 Å². The summed E-state index contributed by atoms with van der Waals surface area (Å²) in [4.78, 5) is 17.3. The van der Waals surface area contributed by atoms with Crippen LogP contribution in [0.2, 0.25) is 0 Å². The van der Waals surface area contributed by atoms with Crippen molar-refractivity contribution in [2.24, 2.45) is 0 Å². The highest BCUT2D eigenvalue weighted by Crippen LogP contribution is 2.44. The summed E-state index contributed by atoms with van der Waals surface area (Å²) in [5, 5.41) is 0. The smallest absolute Gasteiger partial charge is 0.223 e. The van der Waals surface area contributed by atoms with E-state index in [-0.39, 0.29) is 11.8 Å². The maximum atomic E-state index is 12.8. The van der Waals surface area contributed by atoms with E-state index in [0.717, 1.165) is 37.7 Å². The fraction of sp³-hybridized carbons (Fsp3) is 0.650. The Morgan fingerprint density at radius 3 is 2.52 bits per heavy atom. The van der Waals surface area contributed by atoms with Gasteiger partial charge in [-0.3, -0.25) is 9.69 Å². The second-order valence-corrected chi connectivity index (χ2v) is 6.96. The van der Waals surface area contributed by atoms with Crippen molar-refractivity contribution in [3.05, 3.63) is 23.3 Å². The molecule has 0 unspecified atom stereocenters. The van der Waals surface area contributed by atoms with Crippen molar-refractivity contribution in [1.82, 2.24) is 9.80 Å². The number of methoxy groups -OCH3 is 2. The Balaban J connectivity index is 1.97. The Morgan fingerprint density at radius 2 is 1.88 bits per heavy atom. The summed E-state index contributed by atoms with van der Waals surface area (Å²) in [5.74, 6) is 2.02. The van der Waals surface area contributed by atoms with Crippen molar-refractivity contribution >= 4 is 5.91 Å². The molecule has 1 saturated heterocycles. The third kappa shape index (κ3) is 3.34. The predicted molar refractivity (Wildman–Crippen MR) is 98.3 cm³/mol. The zero-order valence-corrected chi connectivity index (χ0v) is 15.9. The fourth-order valence-electron chi connectivity index (χ4n) is 4.49. The minimum absolute atomic E-state index is 0.235. The molecule has 0 bridgehead atoms. The molecule has 1 fully saturated rings. The number of carbonyl (C=O) groups excluding carboxylic acids is 1. The van der Waals surface area contributed by atoms with E-state index < -0.39 is 0 Å². The van der Waals surface area contributed by atoms with Crippen LogP contribution in [-0.4, -0.2) is 55.6 Å². The van der Waals surface area contributed by atoms with Gasteiger partial charge in [0.2, 0.25) is 5.91 Å². The zero-order valence-electron chi connectivity index (χ0n) is 15.9. The van der Waals surface area contributed by atoms with Crippen LogP contribution in [0.5, 0.6) is 11.5 Å². The average Bonchev–Trinajstić information content (AvgIpc) is 3.09. The van der Waals surface area contributed by atoms with E-state index >= 15 is 0 Å². The molecular weight excluding hydrogens is 316 g/mol. The van der Waals surface area contributed by atoms with Crippen molar-refractivity contribution in [2.45, 2.75) is 51.6 Å². The summed E-state index contributed by atoms with van der Waals surface area (Å²) in [6.45, 7) is 7.70. The van der Waals surface area contributed by atoms with Gasteiger partial charge in [-0.1, -0.05) is 0 Å². The highest BCUT2D eigenvalue weighted by Gasteiger charge is 2.39. The first kappa shape index (κ1) is 18.1. The van der Waals surface area contributed by atoms with Crippen LogP contribution < -0.4 is 9.47 Å². The van der Waals surface area contributed by atoms with E-state index in [1.54, 1.807) is 14.2 Å². The lowest BCUT2D eigenvalue weighted by Gasteiger charge is -2.39. The maximum absolute atomic E-state index is 12.8. The molecule has 0 spiro atoms. The first-order valence-corrected chi connectivity index (χ1v) is 9.39. The molecule has 5 nitrogen and oxygen atoms in total. The van der Waals surface area contributed by atoms with E-state index in [1.165, 1.54) is 24.0 Å². The quantitative estimate of drug-likeness (QED) is 0.794. The van der Waals surface area contributed by atoms with E-state index in [9.17, 15) is 4.79 Å². The van der Waals surface area contributed by atoms with Crippen molar-refractivity contribution < 1.29 is 14.3 Å². The molecule has 2 atom stereocenters. The summed E-state index contributed by atoms with van der Waals surface area (Å²) in [7, 11) is 3.35. The molecule has 25 heavy (non-hydrogen) atoms. The standard InChI is InChI=1S/C20H30N2O3/c1-5-21(6-2)20(23)12-16-15-11-19(25-4)18(24-3)10-14(15)13-22-9-7-8-17(16)22/h10-11,16-17H,5-9,12-13H2,1-4H3/t16-,17+/m1/s1. The van der Waals surface area contributed by atoms with Crippen LogP contribution >= 0.6 is 0 Å². The van der Waals surface area contributed by atoms with Crippen LogP contribution in [0.4, 0.5) is 0 Å². The van der Waals surface area contributed by atoms with Crippen LogP contribution in [0, 0.1) is 0 Å². The molecule has 1 aromatic carbocycles. The van der Waals surface area contributed by atoms with Gasteiger partial charge in [-0.25, -0.2) is 0 Å². The number of hydrogen-bond acceptors (Lipinski definition) is 4. The fourth-order valence-corrected chi connectivity index (χ4v) is 4.49. The molecule has 1 amide bonds. The third-order valence-corrected chi connectivity index (χ3v) is 5.81. The number of amides is 1. The van der Waals surface area contributed by atoms with E-state index in [1.807, 2.05) is 18.7 Å². The molecule has 1 aromatic rings. The third-order valence-electron chi connectivity index (χ3n) is 5.81. The monoisotopic (exact) mass is 346 g/mol. The normalized spacial score (nSPS) is 22.2. The van der Waals surface area contributed by atoms with Crippen LogP contribution in [0.15, 0.2) is 12.1 Å². The highest BCUT2D eigenvalue weighted by molar-refractivity contribution is 5.77. The molecular formula is C20H30N2O3. The minimum Gasteiger partial charge on any atom is -0.493 e. The molecule has 138 valence electrons. The number of nitrogens with zero attached hydrogens (tertiary/aromatic N) is 2. The molecule has 2 aliphatic rings. The van der Waals surface area contributed by atoms with E-state index in [4.69, 9.17) is 9.47 Å². The summed E-state index contributed by atoms with van der Waals surface area (Å²) >= 11 is 0. The van der Waals surface area contributed by atoms with Gasteiger partial charge in [0.05, 0.1) is 14.2 Å². The lowest BCUT2D eigenvalue weighted by Crippen LogP contribution is -2.41. The molecule has 5 heteroatoms. The number of hydrogen-bond donors (Lipinski definition) is 0. The molecule has 0 radical (unpaired) electrons. The van der Waals surface area contributed by atoms with E-state index in [0.29, 0.717) is 12.5 Å². The van der Waals surface area contributed by atoms with Gasteiger partial charge in [-0.15, -0.1) is 0 Å². The molecule has 0 aliphatic carbocycles. The Labute approximate surface area is 150 Å². The SMILES string of the molecule is CCN(CC)C(=O)C[C@@H]1c2cc(OC)c(OC)cc2CN2CCC[C@@H]12. The van der Waals surface area contributed by atoms with Gasteiger partial charge in [0.1, 0.15) is 0 Å². The van der Waals surface area contributed by atoms with Crippen LogP contribution in [0.1, 0.15) is 50.2 Å². The number of rotatable bonds is 6. The van der Waals surface area contributed by atoms with Crippen LogP contribution in [0.25, 0.3) is 0 Å². The van der Waals surface area contributed by atoms with Gasteiger partial charge in [0.25, 0.3) is 0 Å². The summed E-state index contributed by atoms with van der Waals surface area (Å²) < 4.78 is 11.0. The molecule has 2 heterocycles. The van der Waals surface area contributed by atoms with Gasteiger partial charge in [0.15, 0.2) is 11.5 Å². The molecule has 3 rings (SSSR count). The number of carbonyl (C=O) groups is 1. The van der Waals surface area contributed by atoms with Gasteiger partial charge in [-0.05, 0) is 56.5 Å². The Kier molecular flexibility index (Phi) is 5.52. The first-order chi connectivity index (χ1) is 12.1. The second-order valence-electron chi connectivity index (χ2n) is 6.96. The Bertz CT molecular complexity index is 628. The molecule has 2 aliphatic heterocycles. The zero-order chi connectivity index (χ0) is 18.0. The molecule has 0 N–H and O–H groups in total. The highest BCUT2D eigenvalue weighted by atomic mass is 16.5.